The van der Waals surface area contributed by atoms with Gasteiger partial charge in [-0.1, -0.05) is 29.8 Å². The number of anilines is 3. The van der Waals surface area contributed by atoms with Crippen LogP contribution in [0.15, 0.2) is 48.8 Å². The van der Waals surface area contributed by atoms with Crippen molar-refractivity contribution < 1.29 is 9.90 Å². The van der Waals surface area contributed by atoms with Crippen molar-refractivity contribution >= 4 is 23.6 Å². The first-order valence-electron chi connectivity index (χ1n) is 9.22. The summed E-state index contributed by atoms with van der Waals surface area (Å²) in [6.45, 7) is 3.47. The maximum absolute atomic E-state index is 10.9. The third-order valence-electron chi connectivity index (χ3n) is 4.81. The highest BCUT2D eigenvalue weighted by atomic mass is 16.4. The predicted octanol–water partition coefficient (Wildman–Crippen LogP) is 3.57. The number of carbonyl (C=O) groups is 1. The minimum Gasteiger partial charge on any atom is -0.478 e. The van der Waals surface area contributed by atoms with Gasteiger partial charge in [0.05, 0.1) is 5.56 Å². The molecule has 1 aliphatic heterocycles. The molecule has 0 fully saturated rings. The van der Waals surface area contributed by atoms with Crippen LogP contribution in [0, 0.1) is 6.92 Å². The number of benzene rings is 2. The van der Waals surface area contributed by atoms with Gasteiger partial charge in [0.15, 0.2) is 0 Å². The van der Waals surface area contributed by atoms with Gasteiger partial charge >= 0.3 is 5.97 Å². The summed E-state index contributed by atoms with van der Waals surface area (Å²) in [5.74, 6) is 0.189. The summed E-state index contributed by atoms with van der Waals surface area (Å²) >= 11 is 0. The Kier molecular flexibility index (Phi) is 4.89. The van der Waals surface area contributed by atoms with Crippen LogP contribution in [0.1, 0.15) is 33.5 Å². The van der Waals surface area contributed by atoms with Gasteiger partial charge in [0.2, 0.25) is 11.9 Å². The molecule has 0 atom stereocenters. The van der Waals surface area contributed by atoms with Gasteiger partial charge in [0, 0.05) is 18.8 Å². The number of aromatic carboxylic acids is 1. The monoisotopic (exact) mass is 375 g/mol. The van der Waals surface area contributed by atoms with Crippen molar-refractivity contribution in [3.8, 4) is 0 Å². The molecule has 1 aromatic heterocycles. The first-order chi connectivity index (χ1) is 13.6. The molecule has 0 saturated carbocycles. The summed E-state index contributed by atoms with van der Waals surface area (Å²) in [5.41, 5.74) is 4.95. The lowest BCUT2D eigenvalue weighted by molar-refractivity contribution is 0.0697. The van der Waals surface area contributed by atoms with Crippen LogP contribution < -0.4 is 10.2 Å². The average Bonchev–Trinajstić information content (AvgIpc) is 2.72. The van der Waals surface area contributed by atoms with Crippen molar-refractivity contribution in [1.29, 1.82) is 0 Å². The Labute approximate surface area is 163 Å². The highest BCUT2D eigenvalue weighted by Gasteiger charge is 2.20. The number of nitrogens with one attached hydrogen (secondary N) is 1. The van der Waals surface area contributed by atoms with Gasteiger partial charge in [0.1, 0.15) is 6.33 Å². The highest BCUT2D eigenvalue weighted by Crippen LogP contribution is 2.32. The van der Waals surface area contributed by atoms with Crippen LogP contribution in [-0.4, -0.2) is 32.6 Å². The number of aromatic nitrogens is 3. The second-order valence-electron chi connectivity index (χ2n) is 6.85. The maximum atomic E-state index is 10.9. The summed E-state index contributed by atoms with van der Waals surface area (Å²) in [6, 6.07) is 13.2. The molecule has 3 aromatic rings. The minimum atomic E-state index is -0.932. The van der Waals surface area contributed by atoms with Crippen molar-refractivity contribution in [3.63, 3.8) is 0 Å². The van der Waals surface area contributed by atoms with E-state index in [4.69, 9.17) is 5.11 Å². The molecule has 0 bridgehead atoms. The van der Waals surface area contributed by atoms with Crippen LogP contribution in [0.2, 0.25) is 0 Å². The van der Waals surface area contributed by atoms with Crippen molar-refractivity contribution in [2.75, 3.05) is 16.8 Å². The number of fused-ring (bicyclic) bond motifs is 1. The third kappa shape index (κ3) is 3.78. The molecule has 2 aromatic carbocycles. The second kappa shape index (κ2) is 7.64. The van der Waals surface area contributed by atoms with E-state index >= 15 is 0 Å². The van der Waals surface area contributed by atoms with Gasteiger partial charge in [-0.2, -0.15) is 4.98 Å². The van der Waals surface area contributed by atoms with Crippen LogP contribution in [0.3, 0.4) is 0 Å². The Morgan fingerprint density at radius 1 is 1.18 bits per heavy atom. The molecule has 4 rings (SSSR count). The molecule has 2 heterocycles. The van der Waals surface area contributed by atoms with E-state index in [0.717, 1.165) is 30.6 Å². The Morgan fingerprint density at radius 3 is 2.79 bits per heavy atom. The van der Waals surface area contributed by atoms with E-state index in [-0.39, 0.29) is 5.56 Å². The number of carboxylic acid groups (broad SMARTS) is 1. The molecular formula is C21H21N5O2. The fourth-order valence-electron chi connectivity index (χ4n) is 3.38. The lowest BCUT2D eigenvalue weighted by atomic mass is 10.00. The molecule has 2 N–H and O–H groups in total. The van der Waals surface area contributed by atoms with Gasteiger partial charge in [-0.3, -0.25) is 0 Å². The number of hydrogen-bond acceptors (Lipinski definition) is 6. The Morgan fingerprint density at radius 2 is 2.00 bits per heavy atom. The van der Waals surface area contributed by atoms with E-state index in [1.807, 2.05) is 0 Å². The van der Waals surface area contributed by atoms with Gasteiger partial charge < -0.3 is 15.3 Å². The van der Waals surface area contributed by atoms with Crippen molar-refractivity contribution in [3.05, 3.63) is 71.0 Å². The van der Waals surface area contributed by atoms with E-state index in [9.17, 15) is 4.79 Å². The zero-order valence-corrected chi connectivity index (χ0v) is 15.6. The van der Waals surface area contributed by atoms with Crippen LogP contribution in [0.5, 0.6) is 0 Å². The fraction of sp³-hybridized carbons (Fsp3) is 0.238. The molecular weight excluding hydrogens is 354 g/mol. The third-order valence-corrected chi connectivity index (χ3v) is 4.81. The minimum absolute atomic E-state index is 0.269. The Hall–Kier alpha value is -3.48. The Balaban J connectivity index is 1.50. The number of hydrogen-bond donors (Lipinski definition) is 2. The SMILES string of the molecule is Cc1ccc2c(c1)CCCN2c1ncnc(NCc2ccc(C(=O)O)cc2)n1. The van der Waals surface area contributed by atoms with Gasteiger partial charge in [-0.05, 0) is 49.1 Å². The average molecular weight is 375 g/mol. The molecule has 28 heavy (non-hydrogen) atoms. The van der Waals surface area contributed by atoms with E-state index < -0.39 is 5.97 Å². The molecule has 142 valence electrons. The van der Waals surface area contributed by atoms with Crippen molar-refractivity contribution in [2.24, 2.45) is 0 Å². The van der Waals surface area contributed by atoms with Crippen molar-refractivity contribution in [1.82, 2.24) is 15.0 Å². The van der Waals surface area contributed by atoms with Crippen LogP contribution >= 0.6 is 0 Å². The standard InChI is InChI=1S/C21H21N5O2/c1-14-4-9-18-17(11-14)3-2-10-26(18)21-24-13-23-20(25-21)22-12-15-5-7-16(8-6-15)19(27)28/h4-9,11,13H,2-3,10,12H2,1H3,(H,27,28)(H,22,23,24,25). The smallest absolute Gasteiger partial charge is 0.335 e. The van der Waals surface area contributed by atoms with Crippen LogP contribution in [0.25, 0.3) is 0 Å². The summed E-state index contributed by atoms with van der Waals surface area (Å²) < 4.78 is 0. The van der Waals surface area contributed by atoms with Gasteiger partial charge in [-0.15, -0.1) is 0 Å². The fourth-order valence-corrected chi connectivity index (χ4v) is 3.38. The van der Waals surface area contributed by atoms with Crippen molar-refractivity contribution in [2.45, 2.75) is 26.3 Å². The number of nitrogens with zero attached hydrogens (tertiary/aromatic N) is 4. The van der Waals surface area contributed by atoms with Crippen LogP contribution in [-0.2, 0) is 13.0 Å². The van der Waals surface area contributed by atoms with E-state index in [2.05, 4.69) is 50.3 Å². The number of aryl methyl sites for hydroxylation is 2. The zero-order chi connectivity index (χ0) is 19.5. The summed E-state index contributed by atoms with van der Waals surface area (Å²) in [7, 11) is 0. The topological polar surface area (TPSA) is 91.2 Å². The predicted molar refractivity (Wildman–Crippen MR) is 107 cm³/mol. The number of rotatable bonds is 5. The largest absolute Gasteiger partial charge is 0.478 e. The number of carboxylic acids is 1. The molecule has 0 saturated heterocycles. The normalized spacial score (nSPS) is 13.1. The molecule has 0 amide bonds. The molecule has 0 radical (unpaired) electrons. The van der Waals surface area contributed by atoms with E-state index in [0.29, 0.717) is 18.4 Å². The van der Waals surface area contributed by atoms with E-state index in [1.165, 1.54) is 17.5 Å². The summed E-state index contributed by atoms with van der Waals surface area (Å²) in [5, 5.41) is 12.2. The van der Waals surface area contributed by atoms with Gasteiger partial charge in [0.25, 0.3) is 0 Å². The highest BCUT2D eigenvalue weighted by molar-refractivity contribution is 5.87. The molecule has 0 spiro atoms. The Bertz CT molecular complexity index is 1000. The van der Waals surface area contributed by atoms with Gasteiger partial charge in [-0.25, -0.2) is 14.8 Å². The second-order valence-corrected chi connectivity index (χ2v) is 6.85. The molecule has 1 aliphatic rings. The molecule has 7 heteroatoms. The summed E-state index contributed by atoms with van der Waals surface area (Å²) in [4.78, 5) is 26.2. The maximum Gasteiger partial charge on any atom is 0.335 e. The summed E-state index contributed by atoms with van der Waals surface area (Å²) in [6.07, 6.45) is 3.64. The lowest BCUT2D eigenvalue weighted by Gasteiger charge is -2.29. The molecule has 7 nitrogen and oxygen atoms in total. The first-order valence-corrected chi connectivity index (χ1v) is 9.22. The first kappa shape index (κ1) is 17.9. The molecule has 0 aliphatic carbocycles. The molecule has 0 unspecified atom stereocenters. The quantitative estimate of drug-likeness (QED) is 0.704. The van der Waals surface area contributed by atoms with E-state index in [1.54, 1.807) is 24.3 Å². The zero-order valence-electron chi connectivity index (χ0n) is 15.6. The van der Waals surface area contributed by atoms with Crippen LogP contribution in [0.4, 0.5) is 17.6 Å². The lowest BCUT2D eigenvalue weighted by Crippen LogP contribution is -2.26.